The summed E-state index contributed by atoms with van der Waals surface area (Å²) >= 11 is 0. The van der Waals surface area contributed by atoms with Gasteiger partial charge in [-0.2, -0.15) is 26.3 Å². The summed E-state index contributed by atoms with van der Waals surface area (Å²) in [5.74, 6) is -8.39. The van der Waals surface area contributed by atoms with E-state index >= 15 is 0 Å². The van der Waals surface area contributed by atoms with Crippen molar-refractivity contribution in [1.29, 1.82) is 0 Å². The fourth-order valence-electron chi connectivity index (χ4n) is 6.69. The first-order valence-electron chi connectivity index (χ1n) is 16.7. The molecule has 2 heterocycles. The number of piperidine rings is 1. The minimum absolute atomic E-state index is 0.0413. The van der Waals surface area contributed by atoms with Crippen molar-refractivity contribution in [3.05, 3.63) is 35.4 Å². The van der Waals surface area contributed by atoms with Crippen molar-refractivity contribution in [3.8, 4) is 0 Å². The molecule has 2 saturated heterocycles. The van der Waals surface area contributed by atoms with Gasteiger partial charge in [0.1, 0.15) is 6.10 Å². The minimum Gasteiger partial charge on any atom is -0.475 e. The van der Waals surface area contributed by atoms with Crippen LogP contribution in [0.4, 0.5) is 35.1 Å². The number of carboxylic acids is 2. The number of nitrogens with zero attached hydrogens (tertiary/aromatic N) is 3. The summed E-state index contributed by atoms with van der Waals surface area (Å²) in [6, 6.07) is 8.46. The molecular weight excluding hydrogens is 716 g/mol. The standard InChI is InChI=1S/C29H44F2N4O3.2C2HF3O2/c1-33(2)13-10-26(36)28(38)34(19-20-8-11-29(30,31)12-9-20)14-15-35-24-6-7-25(35)18-23(17-24)21-4-3-5-22(16-21)27(32)37;2*3-2(4,5)1(6)7/h3-5,16,20,23-26,36H,6-15,17-19H2,1-2H3,(H2,32,37);2*(H,6,7)/t23?,24?,25?,26-;;/m0../s1. The largest absolute Gasteiger partial charge is 0.490 e. The lowest BCUT2D eigenvalue weighted by Gasteiger charge is -2.41. The molecule has 52 heavy (non-hydrogen) atoms. The molecule has 2 amide bonds. The summed E-state index contributed by atoms with van der Waals surface area (Å²) in [7, 11) is 3.81. The highest BCUT2D eigenvalue weighted by Crippen LogP contribution is 2.43. The van der Waals surface area contributed by atoms with Gasteiger partial charge in [-0.15, -0.1) is 0 Å². The second kappa shape index (κ2) is 19.0. The molecule has 1 aliphatic carbocycles. The predicted molar refractivity (Wildman–Crippen MR) is 170 cm³/mol. The minimum atomic E-state index is -5.08. The van der Waals surface area contributed by atoms with Gasteiger partial charge in [0.05, 0.1) is 0 Å². The average Bonchev–Trinajstić information content (AvgIpc) is 3.27. The van der Waals surface area contributed by atoms with E-state index in [0.29, 0.717) is 62.5 Å². The third kappa shape index (κ3) is 14.4. The number of rotatable bonds is 11. The number of fused-ring (bicyclic) bond motifs is 2. The zero-order chi connectivity index (χ0) is 39.6. The van der Waals surface area contributed by atoms with Crippen LogP contribution in [0, 0.1) is 5.92 Å². The van der Waals surface area contributed by atoms with Crippen LogP contribution < -0.4 is 5.73 Å². The van der Waals surface area contributed by atoms with Gasteiger partial charge < -0.3 is 30.9 Å². The smallest absolute Gasteiger partial charge is 0.475 e. The second-order valence-corrected chi connectivity index (χ2v) is 13.6. The van der Waals surface area contributed by atoms with Crippen LogP contribution in [0.5, 0.6) is 0 Å². The van der Waals surface area contributed by atoms with Crippen LogP contribution in [0.2, 0.25) is 0 Å². The summed E-state index contributed by atoms with van der Waals surface area (Å²) in [5.41, 5.74) is 7.19. The Bertz CT molecular complexity index is 1310. The van der Waals surface area contributed by atoms with E-state index in [1.165, 1.54) is 0 Å². The summed E-state index contributed by atoms with van der Waals surface area (Å²) in [6.07, 6.45) is -6.13. The molecule has 3 aliphatic rings. The van der Waals surface area contributed by atoms with Crippen molar-refractivity contribution in [2.75, 3.05) is 40.3 Å². The maximum absolute atomic E-state index is 13.7. The maximum Gasteiger partial charge on any atom is 0.490 e. The van der Waals surface area contributed by atoms with Gasteiger partial charge in [0.2, 0.25) is 11.8 Å². The van der Waals surface area contributed by atoms with Crippen LogP contribution in [0.15, 0.2) is 24.3 Å². The molecule has 0 aromatic heterocycles. The average molecular weight is 763 g/mol. The highest BCUT2D eigenvalue weighted by Gasteiger charge is 2.42. The summed E-state index contributed by atoms with van der Waals surface area (Å²) in [4.78, 5) is 48.9. The van der Waals surface area contributed by atoms with Crippen molar-refractivity contribution in [1.82, 2.24) is 14.7 Å². The third-order valence-corrected chi connectivity index (χ3v) is 9.40. The van der Waals surface area contributed by atoms with Crippen LogP contribution in [0.25, 0.3) is 0 Å². The maximum atomic E-state index is 13.7. The van der Waals surface area contributed by atoms with Crippen molar-refractivity contribution in [3.63, 3.8) is 0 Å². The van der Waals surface area contributed by atoms with Crippen molar-refractivity contribution in [2.24, 2.45) is 11.7 Å². The molecule has 2 bridgehead atoms. The first-order valence-corrected chi connectivity index (χ1v) is 16.7. The molecule has 2 unspecified atom stereocenters. The Morgan fingerprint density at radius 3 is 1.85 bits per heavy atom. The van der Waals surface area contributed by atoms with E-state index in [4.69, 9.17) is 25.5 Å². The molecular formula is C33H46F8N4O7. The van der Waals surface area contributed by atoms with Crippen LogP contribution in [0.1, 0.15) is 79.6 Å². The first-order chi connectivity index (χ1) is 23.9. The number of carboxylic acid groups (broad SMARTS) is 2. The number of carbonyl (C=O) groups excluding carboxylic acids is 2. The van der Waals surface area contributed by atoms with Gasteiger partial charge in [-0.05, 0) is 88.6 Å². The lowest BCUT2D eigenvalue weighted by Crippen LogP contribution is -2.50. The fraction of sp³-hybridized carbons (Fsp3) is 0.697. The van der Waals surface area contributed by atoms with E-state index in [0.717, 1.165) is 37.8 Å². The predicted octanol–water partition coefficient (Wildman–Crippen LogP) is 4.73. The Morgan fingerprint density at radius 2 is 1.40 bits per heavy atom. The molecule has 11 nitrogen and oxygen atoms in total. The molecule has 4 rings (SSSR count). The molecule has 1 aromatic carbocycles. The van der Waals surface area contributed by atoms with Crippen LogP contribution in [-0.2, 0) is 14.4 Å². The SMILES string of the molecule is CN(C)CC[C@H](O)C(=O)N(CCN1C2CCC1CC(c1cccc(C(N)=O)c1)C2)CC1CCC(F)(F)CC1.O=C(O)C(F)(F)F.O=C(O)C(F)(F)F. The molecule has 296 valence electrons. The number of nitrogens with two attached hydrogens (primary N) is 1. The summed E-state index contributed by atoms with van der Waals surface area (Å²) < 4.78 is 90.9. The summed E-state index contributed by atoms with van der Waals surface area (Å²) in [6.45, 7) is 2.25. The monoisotopic (exact) mass is 762 g/mol. The zero-order valence-corrected chi connectivity index (χ0v) is 28.8. The van der Waals surface area contributed by atoms with Gasteiger partial charge in [0.15, 0.2) is 0 Å². The highest BCUT2D eigenvalue weighted by molar-refractivity contribution is 5.92. The third-order valence-electron chi connectivity index (χ3n) is 9.40. The highest BCUT2D eigenvalue weighted by atomic mass is 19.4. The first kappa shape index (κ1) is 44.6. The van der Waals surface area contributed by atoms with Gasteiger partial charge >= 0.3 is 24.3 Å². The van der Waals surface area contributed by atoms with E-state index in [1.807, 2.05) is 31.1 Å². The van der Waals surface area contributed by atoms with Crippen molar-refractivity contribution < 1.29 is 69.6 Å². The number of halogens is 8. The van der Waals surface area contributed by atoms with E-state index in [9.17, 15) is 49.8 Å². The molecule has 0 radical (unpaired) electrons. The van der Waals surface area contributed by atoms with Crippen molar-refractivity contribution >= 4 is 23.8 Å². The van der Waals surface area contributed by atoms with E-state index in [-0.39, 0.29) is 24.7 Å². The van der Waals surface area contributed by atoms with Gasteiger partial charge in [-0.3, -0.25) is 14.5 Å². The Kier molecular flexibility index (Phi) is 16.3. The molecule has 3 atom stereocenters. The Labute approximate surface area is 295 Å². The number of hydrogen-bond donors (Lipinski definition) is 4. The summed E-state index contributed by atoms with van der Waals surface area (Å²) in [5, 5.41) is 24.9. The molecule has 0 spiro atoms. The number of aliphatic carboxylic acids is 2. The van der Waals surface area contributed by atoms with Gasteiger partial charge in [-0.1, -0.05) is 12.1 Å². The van der Waals surface area contributed by atoms with Crippen LogP contribution >= 0.6 is 0 Å². The fourth-order valence-corrected chi connectivity index (χ4v) is 6.69. The number of alkyl halides is 8. The number of carbonyl (C=O) groups is 4. The van der Waals surface area contributed by atoms with Gasteiger partial charge in [0, 0.05) is 56.7 Å². The second-order valence-electron chi connectivity index (χ2n) is 13.6. The number of amides is 2. The number of primary amides is 1. The molecule has 19 heteroatoms. The van der Waals surface area contributed by atoms with E-state index in [2.05, 4.69) is 11.0 Å². The lowest BCUT2D eigenvalue weighted by atomic mass is 9.84. The molecule has 5 N–H and O–H groups in total. The number of benzene rings is 1. The Hall–Kier alpha value is -3.58. The van der Waals surface area contributed by atoms with Crippen molar-refractivity contribution in [2.45, 2.75) is 100 Å². The van der Waals surface area contributed by atoms with Gasteiger partial charge in [0.25, 0.3) is 5.91 Å². The number of aliphatic hydroxyl groups excluding tert-OH is 1. The topological polar surface area (TPSA) is 165 Å². The molecule has 1 aromatic rings. The van der Waals surface area contributed by atoms with E-state index in [1.54, 1.807) is 11.0 Å². The molecule has 1 saturated carbocycles. The van der Waals surface area contributed by atoms with Gasteiger partial charge in [-0.25, -0.2) is 18.4 Å². The quantitative estimate of drug-likeness (QED) is 0.234. The van der Waals surface area contributed by atoms with Crippen LogP contribution in [-0.4, -0.2) is 131 Å². The molecule has 3 fully saturated rings. The van der Waals surface area contributed by atoms with Crippen LogP contribution in [0.3, 0.4) is 0 Å². The number of hydrogen-bond acceptors (Lipinski definition) is 7. The van der Waals surface area contributed by atoms with E-state index < -0.39 is 42.2 Å². The number of aliphatic hydroxyl groups is 1. The Morgan fingerprint density at radius 1 is 0.904 bits per heavy atom. The lowest BCUT2D eigenvalue weighted by molar-refractivity contribution is -0.193. The normalized spacial score (nSPS) is 22.3. The Balaban J connectivity index is 0.000000564. The molecule has 2 aliphatic heterocycles. The zero-order valence-electron chi connectivity index (χ0n) is 28.8.